The molecule has 0 aliphatic heterocycles. The number of nitro groups is 1. The number of nitrogens with two attached hydrogens (primary N) is 1. The molecule has 3 rings (SSSR count). The fraction of sp³-hybridized carbons (Fsp3) is 0.400. The van der Waals surface area contributed by atoms with Crippen LogP contribution in [0, 0.1) is 16.0 Å². The molecule has 1 aliphatic carbocycles. The maximum absolute atomic E-state index is 12.2. The molecule has 9 nitrogen and oxygen atoms in total. The minimum atomic E-state index is -0.509. The van der Waals surface area contributed by atoms with Gasteiger partial charge >= 0.3 is 0 Å². The highest BCUT2D eigenvalue weighted by atomic mass is 35.5. The third-order valence-corrected chi connectivity index (χ3v) is 5.13. The Bertz CT molecular complexity index is 810. The number of benzene rings is 1. The third kappa shape index (κ3) is 4.71. The van der Waals surface area contributed by atoms with Crippen LogP contribution in [0.5, 0.6) is 0 Å². The van der Waals surface area contributed by atoms with Crippen LogP contribution in [0.15, 0.2) is 34.6 Å². The first-order valence-corrected chi connectivity index (χ1v) is 8.61. The lowest BCUT2D eigenvalue weighted by Crippen LogP contribution is -2.38. The van der Waals surface area contributed by atoms with Crippen molar-refractivity contribution in [1.82, 2.24) is 20.1 Å². The average molecular weight is 399 g/mol. The second-order valence-corrected chi connectivity index (χ2v) is 6.99. The molecule has 3 N–H and O–H groups in total. The number of rotatable bonds is 7. The van der Waals surface area contributed by atoms with Crippen molar-refractivity contribution in [3.05, 3.63) is 40.2 Å². The fourth-order valence-corrected chi connectivity index (χ4v) is 3.20. The van der Waals surface area contributed by atoms with E-state index in [1.165, 1.54) is 12.4 Å². The minimum Gasteiger partial charge on any atom is -0.350 e. The second kappa shape index (κ2) is 8.47. The summed E-state index contributed by atoms with van der Waals surface area (Å²) < 4.78 is 1.66. The molecule has 1 amide bonds. The summed E-state index contributed by atoms with van der Waals surface area (Å²) in [6, 6.07) is 4.32. The Hall–Kier alpha value is -2.17. The van der Waals surface area contributed by atoms with Gasteiger partial charge in [-0.2, -0.15) is 0 Å². The number of nitrogens with one attached hydrogen (secondary N) is 1. The van der Waals surface area contributed by atoms with Gasteiger partial charge in [-0.3, -0.25) is 14.9 Å². The normalized spacial score (nSPS) is 14.4. The SMILES string of the molecule is Cl.Cn1cnnc1Sc1ccc(C(=O)NCC(N)C2CC2)cc1[N+](=O)[O-]. The molecule has 1 unspecified atom stereocenters. The quantitative estimate of drug-likeness (QED) is 0.537. The fourth-order valence-electron chi connectivity index (χ4n) is 2.35. The Balaban J connectivity index is 0.00000243. The summed E-state index contributed by atoms with van der Waals surface area (Å²) in [5, 5.41) is 22.3. The largest absolute Gasteiger partial charge is 0.350 e. The predicted molar refractivity (Wildman–Crippen MR) is 98.5 cm³/mol. The van der Waals surface area contributed by atoms with Gasteiger partial charge in [0, 0.05) is 31.3 Å². The first kappa shape index (κ1) is 20.1. The highest BCUT2D eigenvalue weighted by Gasteiger charge is 2.28. The minimum absolute atomic E-state index is 0. The molecule has 26 heavy (non-hydrogen) atoms. The molecular formula is C15H19ClN6O3S. The number of carbonyl (C=O) groups is 1. The van der Waals surface area contributed by atoms with E-state index in [0.29, 0.717) is 22.5 Å². The first-order chi connectivity index (χ1) is 12.0. The summed E-state index contributed by atoms with van der Waals surface area (Å²) in [5.41, 5.74) is 6.04. The molecule has 140 valence electrons. The van der Waals surface area contributed by atoms with Gasteiger partial charge < -0.3 is 15.6 Å². The topological polar surface area (TPSA) is 129 Å². The Morgan fingerprint density at radius 1 is 1.54 bits per heavy atom. The average Bonchev–Trinajstić information content (AvgIpc) is 3.37. The van der Waals surface area contributed by atoms with Gasteiger partial charge in [0.1, 0.15) is 6.33 Å². The molecule has 1 aromatic heterocycles. The van der Waals surface area contributed by atoms with E-state index in [1.807, 2.05) is 0 Å². The van der Waals surface area contributed by atoms with Crippen LogP contribution >= 0.6 is 24.2 Å². The van der Waals surface area contributed by atoms with Gasteiger partial charge in [0.15, 0.2) is 5.16 Å². The predicted octanol–water partition coefficient (Wildman–Crippen LogP) is 1.76. The van der Waals surface area contributed by atoms with Crippen LogP contribution in [0.3, 0.4) is 0 Å². The van der Waals surface area contributed by atoms with Gasteiger partial charge in [0.2, 0.25) is 0 Å². The van der Waals surface area contributed by atoms with Crippen molar-refractivity contribution >= 4 is 35.8 Å². The van der Waals surface area contributed by atoms with Gasteiger partial charge in [-0.15, -0.1) is 22.6 Å². The van der Waals surface area contributed by atoms with E-state index >= 15 is 0 Å². The van der Waals surface area contributed by atoms with E-state index < -0.39 is 4.92 Å². The number of nitrogens with zero attached hydrogens (tertiary/aromatic N) is 4. The summed E-state index contributed by atoms with van der Waals surface area (Å²) >= 11 is 1.12. The van der Waals surface area contributed by atoms with Gasteiger partial charge in [-0.05, 0) is 42.7 Å². The molecule has 1 saturated carbocycles. The lowest BCUT2D eigenvalue weighted by atomic mass is 10.1. The zero-order valence-corrected chi connectivity index (χ0v) is 15.6. The van der Waals surface area contributed by atoms with Crippen LogP contribution in [0.25, 0.3) is 0 Å². The summed E-state index contributed by atoms with van der Waals surface area (Å²) in [4.78, 5) is 23.5. The molecule has 1 aromatic carbocycles. The molecule has 0 spiro atoms. The lowest BCUT2D eigenvalue weighted by Gasteiger charge is -2.12. The number of nitro benzene ring substituents is 1. The second-order valence-electron chi connectivity index (χ2n) is 5.98. The molecule has 0 saturated heterocycles. The summed E-state index contributed by atoms with van der Waals surface area (Å²) in [6.45, 7) is 0.368. The van der Waals surface area contributed by atoms with E-state index in [1.54, 1.807) is 23.7 Å². The Kier molecular flexibility index (Phi) is 6.57. The molecular weight excluding hydrogens is 380 g/mol. The van der Waals surface area contributed by atoms with Crippen LogP contribution in [0.1, 0.15) is 23.2 Å². The first-order valence-electron chi connectivity index (χ1n) is 7.79. The molecule has 1 atom stereocenters. The standard InChI is InChI=1S/C15H18N6O3S.ClH/c1-20-8-18-19-15(20)25-13-5-4-10(6-12(13)21(23)24)14(22)17-7-11(16)9-2-3-9;/h4-6,8-9,11H,2-3,7,16H2,1H3,(H,17,22);1H. The van der Waals surface area contributed by atoms with E-state index in [4.69, 9.17) is 5.73 Å². The van der Waals surface area contributed by atoms with Crippen LogP contribution in [-0.4, -0.2) is 38.2 Å². The van der Waals surface area contributed by atoms with Crippen LogP contribution in [0.2, 0.25) is 0 Å². The van der Waals surface area contributed by atoms with Crippen LogP contribution in [0.4, 0.5) is 5.69 Å². The van der Waals surface area contributed by atoms with Crippen molar-refractivity contribution in [2.24, 2.45) is 18.7 Å². The van der Waals surface area contributed by atoms with Crippen molar-refractivity contribution in [3.8, 4) is 0 Å². The molecule has 0 bridgehead atoms. The van der Waals surface area contributed by atoms with E-state index in [0.717, 1.165) is 24.6 Å². The number of hydrogen-bond donors (Lipinski definition) is 2. The van der Waals surface area contributed by atoms with Crippen LogP contribution in [-0.2, 0) is 7.05 Å². The molecule has 0 radical (unpaired) electrons. The molecule has 11 heteroatoms. The third-order valence-electron chi connectivity index (χ3n) is 4.01. The summed E-state index contributed by atoms with van der Waals surface area (Å²) in [6.07, 6.45) is 3.70. The Morgan fingerprint density at radius 3 is 2.85 bits per heavy atom. The van der Waals surface area contributed by atoms with Crippen LogP contribution < -0.4 is 11.1 Å². The number of hydrogen-bond acceptors (Lipinski definition) is 7. The zero-order chi connectivity index (χ0) is 18.0. The maximum Gasteiger partial charge on any atom is 0.284 e. The Labute approximate surface area is 160 Å². The summed E-state index contributed by atoms with van der Waals surface area (Å²) in [5.74, 6) is 0.106. The Morgan fingerprint density at radius 2 is 2.27 bits per heavy atom. The number of carbonyl (C=O) groups excluding carboxylic acids is 1. The maximum atomic E-state index is 12.2. The van der Waals surface area contributed by atoms with Gasteiger partial charge in [-0.1, -0.05) is 0 Å². The van der Waals surface area contributed by atoms with Crippen molar-refractivity contribution in [3.63, 3.8) is 0 Å². The molecule has 2 aromatic rings. The van der Waals surface area contributed by atoms with E-state index in [2.05, 4.69) is 15.5 Å². The molecule has 1 fully saturated rings. The highest BCUT2D eigenvalue weighted by molar-refractivity contribution is 7.99. The smallest absolute Gasteiger partial charge is 0.284 e. The van der Waals surface area contributed by atoms with Gasteiger partial charge in [0.25, 0.3) is 11.6 Å². The highest BCUT2D eigenvalue weighted by Crippen LogP contribution is 2.34. The molecule has 1 aliphatic rings. The monoisotopic (exact) mass is 398 g/mol. The van der Waals surface area contributed by atoms with Crippen molar-refractivity contribution in [2.75, 3.05) is 6.54 Å². The van der Waals surface area contributed by atoms with E-state index in [9.17, 15) is 14.9 Å². The van der Waals surface area contributed by atoms with Crippen molar-refractivity contribution < 1.29 is 9.72 Å². The zero-order valence-electron chi connectivity index (χ0n) is 14.0. The number of halogens is 1. The number of aryl methyl sites for hydroxylation is 1. The van der Waals surface area contributed by atoms with Gasteiger partial charge in [-0.25, -0.2) is 0 Å². The summed E-state index contributed by atoms with van der Waals surface area (Å²) in [7, 11) is 1.75. The number of aromatic nitrogens is 3. The van der Waals surface area contributed by atoms with E-state index in [-0.39, 0.29) is 35.6 Å². The van der Waals surface area contributed by atoms with Crippen molar-refractivity contribution in [1.29, 1.82) is 0 Å². The number of amides is 1. The lowest BCUT2D eigenvalue weighted by molar-refractivity contribution is -0.387. The van der Waals surface area contributed by atoms with Gasteiger partial charge in [0.05, 0.1) is 9.82 Å². The molecule has 1 heterocycles. The van der Waals surface area contributed by atoms with Crippen molar-refractivity contribution in [2.45, 2.75) is 28.9 Å².